The lowest BCUT2D eigenvalue weighted by atomic mass is 9.78. The third kappa shape index (κ3) is 11.1. The average molecular weight is 581 g/mol. The van der Waals surface area contributed by atoms with Crippen molar-refractivity contribution >= 4 is 11.9 Å². The van der Waals surface area contributed by atoms with E-state index in [1.54, 1.807) is 0 Å². The van der Waals surface area contributed by atoms with Crippen LogP contribution in [0.15, 0.2) is 0 Å². The predicted molar refractivity (Wildman–Crippen MR) is 167 cm³/mol. The number of rotatable bonds is 16. The summed E-state index contributed by atoms with van der Waals surface area (Å²) in [6, 6.07) is 0. The molecule has 2 fully saturated rings. The Morgan fingerprint density at radius 3 is 1.20 bits per heavy atom. The molecule has 0 spiro atoms. The van der Waals surface area contributed by atoms with E-state index in [0.29, 0.717) is 26.1 Å². The summed E-state index contributed by atoms with van der Waals surface area (Å²) in [5.41, 5.74) is -0.336. The van der Waals surface area contributed by atoms with Crippen LogP contribution in [-0.4, -0.2) is 82.4 Å². The Labute approximate surface area is 252 Å². The molecule has 2 rings (SSSR count). The van der Waals surface area contributed by atoms with Crippen LogP contribution < -0.4 is 0 Å². The van der Waals surface area contributed by atoms with Gasteiger partial charge in [-0.2, -0.15) is 0 Å². The fourth-order valence-electron chi connectivity index (χ4n) is 7.77. The van der Waals surface area contributed by atoms with Gasteiger partial charge in [0.15, 0.2) is 0 Å². The van der Waals surface area contributed by atoms with E-state index in [-0.39, 0.29) is 46.3 Å². The maximum absolute atomic E-state index is 12.4. The number of ether oxygens (including phenoxy) is 3. The molecule has 240 valence electrons. The van der Waals surface area contributed by atoms with Gasteiger partial charge in [-0.05, 0) is 68.2 Å². The smallest absolute Gasteiger partial charge is 0.306 e. The van der Waals surface area contributed by atoms with Gasteiger partial charge in [0, 0.05) is 73.8 Å². The van der Waals surface area contributed by atoms with E-state index in [9.17, 15) is 9.59 Å². The van der Waals surface area contributed by atoms with E-state index >= 15 is 0 Å². The first-order chi connectivity index (χ1) is 19.0. The molecule has 7 nitrogen and oxygen atoms in total. The summed E-state index contributed by atoms with van der Waals surface area (Å²) >= 11 is 0. The van der Waals surface area contributed by atoms with Gasteiger partial charge in [-0.3, -0.25) is 19.4 Å². The third-order valence-electron chi connectivity index (χ3n) is 9.32. The lowest BCUT2D eigenvalue weighted by Crippen LogP contribution is -2.63. The Morgan fingerprint density at radius 2 is 0.902 bits per heavy atom. The van der Waals surface area contributed by atoms with Crippen molar-refractivity contribution in [3.05, 3.63) is 0 Å². The third-order valence-corrected chi connectivity index (χ3v) is 9.32. The van der Waals surface area contributed by atoms with Gasteiger partial charge in [0.2, 0.25) is 0 Å². The van der Waals surface area contributed by atoms with Gasteiger partial charge in [0.05, 0.1) is 13.2 Å². The molecule has 0 radical (unpaired) electrons. The molecule has 0 N–H and O–H groups in total. The minimum absolute atomic E-state index is 0.0331. The van der Waals surface area contributed by atoms with Gasteiger partial charge in [0.25, 0.3) is 0 Å². The molecule has 0 aromatic rings. The number of hydrogen-bond acceptors (Lipinski definition) is 7. The van der Waals surface area contributed by atoms with Crippen molar-refractivity contribution in [3.63, 3.8) is 0 Å². The van der Waals surface area contributed by atoms with Crippen molar-refractivity contribution in [2.75, 3.05) is 26.3 Å². The van der Waals surface area contributed by atoms with Crippen molar-refractivity contribution in [3.8, 4) is 0 Å². The highest BCUT2D eigenvalue weighted by Gasteiger charge is 2.47. The number of esters is 2. The fourth-order valence-corrected chi connectivity index (χ4v) is 7.77. The minimum Gasteiger partial charge on any atom is -0.462 e. The standard InChI is InChI=1S/C34H64N2O5/c1-11-13-15-17-29(37)40-27-23-31(3,4)35(32(5,6)24-27)19-21-39-22-20-36-33(7,8)25-28(26-34(36,9)10)41-30(38)18-16-14-12-2/h27-28H,11-26H2,1-10H3. The number of carbonyl (C=O) groups excluding carboxylic acids is 2. The Kier molecular flexibility index (Phi) is 13.6. The van der Waals surface area contributed by atoms with E-state index in [4.69, 9.17) is 14.2 Å². The summed E-state index contributed by atoms with van der Waals surface area (Å²) in [5.74, 6) is -0.0984. The Bertz CT molecular complexity index is 720. The molecule has 2 aliphatic rings. The summed E-state index contributed by atoms with van der Waals surface area (Å²) in [6.07, 6.45) is 10.6. The molecule has 0 aliphatic carbocycles. The first-order valence-electron chi connectivity index (χ1n) is 16.6. The normalized spacial score (nSPS) is 22.9. The molecule has 0 unspecified atom stereocenters. The van der Waals surface area contributed by atoms with Crippen LogP contribution in [0.1, 0.15) is 146 Å². The topological polar surface area (TPSA) is 68.3 Å². The van der Waals surface area contributed by atoms with Crippen molar-refractivity contribution < 1.29 is 23.8 Å². The molecule has 0 atom stereocenters. The molecule has 0 aromatic heterocycles. The number of unbranched alkanes of at least 4 members (excludes halogenated alkanes) is 4. The van der Waals surface area contributed by atoms with E-state index in [0.717, 1.165) is 77.3 Å². The minimum atomic E-state index is -0.0840. The molecule has 7 heteroatoms. The summed E-state index contributed by atoms with van der Waals surface area (Å²) < 4.78 is 18.1. The number of nitrogens with zero attached hydrogens (tertiary/aromatic N) is 2. The van der Waals surface area contributed by atoms with Gasteiger partial charge in [0.1, 0.15) is 12.2 Å². The van der Waals surface area contributed by atoms with Crippen molar-refractivity contribution in [1.29, 1.82) is 0 Å². The maximum Gasteiger partial charge on any atom is 0.306 e. The summed E-state index contributed by atoms with van der Waals surface area (Å²) in [5, 5.41) is 0. The van der Waals surface area contributed by atoms with Crippen LogP contribution in [0, 0.1) is 0 Å². The highest BCUT2D eigenvalue weighted by Crippen LogP contribution is 2.41. The van der Waals surface area contributed by atoms with Gasteiger partial charge >= 0.3 is 11.9 Å². The lowest BCUT2D eigenvalue weighted by Gasteiger charge is -2.55. The van der Waals surface area contributed by atoms with Gasteiger partial charge in [-0.25, -0.2) is 0 Å². The zero-order valence-electron chi connectivity index (χ0n) is 28.4. The molecule has 2 aliphatic heterocycles. The van der Waals surface area contributed by atoms with Gasteiger partial charge in [-0.1, -0.05) is 39.5 Å². The number of hydrogen-bond donors (Lipinski definition) is 0. The van der Waals surface area contributed by atoms with Crippen LogP contribution in [0.2, 0.25) is 0 Å². The second kappa shape index (κ2) is 15.5. The molecule has 0 bridgehead atoms. The van der Waals surface area contributed by atoms with Gasteiger partial charge < -0.3 is 14.2 Å². The van der Waals surface area contributed by atoms with Crippen LogP contribution in [0.5, 0.6) is 0 Å². The van der Waals surface area contributed by atoms with Crippen LogP contribution in [0.4, 0.5) is 0 Å². The number of carbonyl (C=O) groups is 2. The monoisotopic (exact) mass is 580 g/mol. The van der Waals surface area contributed by atoms with E-state index in [1.807, 2.05) is 0 Å². The highest BCUT2D eigenvalue weighted by atomic mass is 16.5. The van der Waals surface area contributed by atoms with Crippen LogP contribution >= 0.6 is 0 Å². The van der Waals surface area contributed by atoms with Crippen molar-refractivity contribution in [2.24, 2.45) is 0 Å². The first-order valence-corrected chi connectivity index (χ1v) is 16.6. The van der Waals surface area contributed by atoms with Crippen molar-refractivity contribution in [1.82, 2.24) is 9.80 Å². The van der Waals surface area contributed by atoms with Crippen LogP contribution in [0.25, 0.3) is 0 Å². The molecule has 0 saturated carbocycles. The average Bonchev–Trinajstić information content (AvgIpc) is 2.80. The molecule has 0 amide bonds. The second-order valence-electron chi connectivity index (χ2n) is 15.1. The SMILES string of the molecule is CCCCCC(=O)OC1CC(C)(C)N(CCOCCN2C(C)(C)CC(OC(=O)CCCCC)CC2(C)C)C(C)(C)C1. The summed E-state index contributed by atoms with van der Waals surface area (Å²) in [4.78, 5) is 29.8. The Morgan fingerprint density at radius 1 is 0.585 bits per heavy atom. The quantitative estimate of drug-likeness (QED) is 0.140. The molecule has 0 aromatic carbocycles. The van der Waals surface area contributed by atoms with Crippen LogP contribution in [0.3, 0.4) is 0 Å². The Hall–Kier alpha value is -1.18. The molecule has 2 saturated heterocycles. The fraction of sp³-hybridized carbons (Fsp3) is 0.941. The number of piperidine rings is 2. The maximum atomic E-state index is 12.4. The Balaban J connectivity index is 1.83. The van der Waals surface area contributed by atoms with E-state index in [2.05, 4.69) is 79.0 Å². The molecule has 41 heavy (non-hydrogen) atoms. The van der Waals surface area contributed by atoms with Crippen molar-refractivity contribution in [2.45, 2.75) is 181 Å². The summed E-state index contributed by atoms with van der Waals surface area (Å²) in [7, 11) is 0. The number of likely N-dealkylation sites (tertiary alicyclic amines) is 2. The molecule has 2 heterocycles. The van der Waals surface area contributed by atoms with Crippen LogP contribution in [-0.2, 0) is 23.8 Å². The second-order valence-corrected chi connectivity index (χ2v) is 15.1. The zero-order chi connectivity index (χ0) is 30.9. The first kappa shape index (κ1) is 36.0. The zero-order valence-corrected chi connectivity index (χ0v) is 28.4. The molecular weight excluding hydrogens is 516 g/mol. The van der Waals surface area contributed by atoms with Gasteiger partial charge in [-0.15, -0.1) is 0 Å². The largest absolute Gasteiger partial charge is 0.462 e. The summed E-state index contributed by atoms with van der Waals surface area (Å²) in [6.45, 7) is 25.4. The highest BCUT2D eigenvalue weighted by molar-refractivity contribution is 5.69. The van der Waals surface area contributed by atoms with E-state index in [1.165, 1.54) is 0 Å². The predicted octanol–water partition coefficient (Wildman–Crippen LogP) is 7.29. The molecular formula is C34H64N2O5. The van der Waals surface area contributed by atoms with E-state index < -0.39 is 0 Å². The lowest BCUT2D eigenvalue weighted by molar-refractivity contribution is -0.161.